The second-order valence-electron chi connectivity index (χ2n) is 6.53. The molecule has 27 heavy (non-hydrogen) atoms. The summed E-state index contributed by atoms with van der Waals surface area (Å²) in [7, 11) is 0. The number of benzene rings is 2. The number of hydrogen-bond acceptors (Lipinski definition) is 3. The first-order valence-corrected chi connectivity index (χ1v) is 9.44. The highest BCUT2D eigenvalue weighted by molar-refractivity contribution is 6.31. The van der Waals surface area contributed by atoms with E-state index in [4.69, 9.17) is 16.3 Å². The molecule has 0 aromatic heterocycles. The quantitative estimate of drug-likeness (QED) is 0.806. The van der Waals surface area contributed by atoms with Crippen molar-refractivity contribution < 1.29 is 14.3 Å². The van der Waals surface area contributed by atoms with Crippen LogP contribution in [0.1, 0.15) is 29.3 Å². The minimum Gasteiger partial charge on any atom is -0.488 e. The fraction of sp³-hybridized carbons (Fsp3) is 0.333. The van der Waals surface area contributed by atoms with Crippen molar-refractivity contribution in [1.82, 2.24) is 9.80 Å². The fourth-order valence-electron chi connectivity index (χ4n) is 3.15. The number of hydrogen-bond donors (Lipinski definition) is 0. The van der Waals surface area contributed by atoms with Crippen LogP contribution in [0.2, 0.25) is 5.02 Å². The third-order valence-electron chi connectivity index (χ3n) is 4.69. The van der Waals surface area contributed by atoms with E-state index in [1.807, 2.05) is 36.4 Å². The fourth-order valence-corrected chi connectivity index (χ4v) is 3.34. The van der Waals surface area contributed by atoms with Crippen LogP contribution in [0.25, 0.3) is 0 Å². The van der Waals surface area contributed by atoms with Crippen LogP contribution in [0, 0.1) is 0 Å². The molecule has 3 rings (SSSR count). The van der Waals surface area contributed by atoms with Gasteiger partial charge in [-0.05, 0) is 24.6 Å². The van der Waals surface area contributed by atoms with Gasteiger partial charge in [0.2, 0.25) is 5.91 Å². The normalized spacial score (nSPS) is 14.6. The van der Waals surface area contributed by atoms with Crippen LogP contribution in [0.3, 0.4) is 0 Å². The molecule has 1 saturated heterocycles. The van der Waals surface area contributed by atoms with Gasteiger partial charge < -0.3 is 14.5 Å². The molecule has 0 N–H and O–H groups in total. The maximum Gasteiger partial charge on any atom is 0.257 e. The first-order valence-electron chi connectivity index (χ1n) is 9.06. The van der Waals surface area contributed by atoms with Gasteiger partial charge in [0.1, 0.15) is 12.4 Å². The summed E-state index contributed by atoms with van der Waals surface area (Å²) in [5, 5.41) is 0.637. The smallest absolute Gasteiger partial charge is 0.257 e. The maximum absolute atomic E-state index is 13.0. The Labute approximate surface area is 164 Å². The van der Waals surface area contributed by atoms with Gasteiger partial charge >= 0.3 is 0 Å². The Morgan fingerprint density at radius 1 is 0.963 bits per heavy atom. The Balaban J connectivity index is 1.72. The molecular formula is C21H23ClN2O3. The maximum atomic E-state index is 13.0. The van der Waals surface area contributed by atoms with Crippen LogP contribution in [-0.2, 0) is 11.4 Å². The lowest BCUT2D eigenvalue weighted by molar-refractivity contribution is -0.128. The topological polar surface area (TPSA) is 49.9 Å². The van der Waals surface area contributed by atoms with Gasteiger partial charge in [-0.3, -0.25) is 9.59 Å². The lowest BCUT2D eigenvalue weighted by Crippen LogP contribution is -2.36. The monoisotopic (exact) mass is 386 g/mol. The van der Waals surface area contributed by atoms with Crippen molar-refractivity contribution in [2.75, 3.05) is 26.2 Å². The van der Waals surface area contributed by atoms with Crippen molar-refractivity contribution in [1.29, 1.82) is 0 Å². The zero-order valence-electron chi connectivity index (χ0n) is 15.4. The highest BCUT2D eigenvalue weighted by atomic mass is 35.5. The summed E-state index contributed by atoms with van der Waals surface area (Å²) in [6, 6.07) is 14.7. The molecule has 0 atom stereocenters. The predicted octanol–water partition coefficient (Wildman–Crippen LogP) is 3.61. The minimum absolute atomic E-state index is 0.0489. The van der Waals surface area contributed by atoms with E-state index in [2.05, 4.69) is 0 Å². The lowest BCUT2D eigenvalue weighted by atomic mass is 10.1. The largest absolute Gasteiger partial charge is 0.488 e. The van der Waals surface area contributed by atoms with Crippen LogP contribution in [0.15, 0.2) is 48.5 Å². The number of carbonyl (C=O) groups is 2. The predicted molar refractivity (Wildman–Crippen MR) is 105 cm³/mol. The molecule has 142 valence electrons. The number of halogens is 1. The molecule has 1 heterocycles. The van der Waals surface area contributed by atoms with E-state index in [0.29, 0.717) is 49.1 Å². The number of nitrogens with zero attached hydrogens (tertiary/aromatic N) is 2. The molecule has 1 aliphatic heterocycles. The van der Waals surface area contributed by atoms with Crippen LogP contribution in [0.4, 0.5) is 0 Å². The van der Waals surface area contributed by atoms with Gasteiger partial charge in [0.15, 0.2) is 0 Å². The van der Waals surface area contributed by atoms with Gasteiger partial charge in [-0.2, -0.15) is 0 Å². The van der Waals surface area contributed by atoms with E-state index in [0.717, 1.165) is 12.0 Å². The van der Waals surface area contributed by atoms with Crippen molar-refractivity contribution >= 4 is 23.4 Å². The Hall–Kier alpha value is -2.53. The molecule has 0 bridgehead atoms. The van der Waals surface area contributed by atoms with Crippen LogP contribution in [0.5, 0.6) is 5.75 Å². The molecule has 6 heteroatoms. The molecule has 2 aromatic carbocycles. The van der Waals surface area contributed by atoms with Crippen molar-refractivity contribution in [2.45, 2.75) is 20.0 Å². The summed E-state index contributed by atoms with van der Waals surface area (Å²) in [6.07, 6.45) is 0.772. The second-order valence-corrected chi connectivity index (χ2v) is 6.94. The molecule has 0 radical (unpaired) electrons. The number of carbonyl (C=O) groups excluding carboxylic acids is 2. The Kier molecular flexibility index (Phi) is 6.35. The molecule has 0 saturated carbocycles. The SMILES string of the molecule is CC(=O)N1CCCN(C(=O)c2ccccc2OCc2ccccc2Cl)CC1. The zero-order chi connectivity index (χ0) is 19.2. The van der Waals surface area contributed by atoms with E-state index < -0.39 is 0 Å². The number of rotatable bonds is 4. The molecule has 0 unspecified atom stereocenters. The summed E-state index contributed by atoms with van der Waals surface area (Å²) in [5.41, 5.74) is 1.40. The Morgan fingerprint density at radius 3 is 2.41 bits per heavy atom. The molecule has 2 aromatic rings. The Morgan fingerprint density at radius 2 is 1.63 bits per heavy atom. The van der Waals surface area contributed by atoms with Crippen molar-refractivity contribution in [3.8, 4) is 5.75 Å². The van der Waals surface area contributed by atoms with Crippen LogP contribution < -0.4 is 4.74 Å². The van der Waals surface area contributed by atoms with Gasteiger partial charge in [-0.1, -0.05) is 41.9 Å². The number of para-hydroxylation sites is 1. The highest BCUT2D eigenvalue weighted by Crippen LogP contribution is 2.23. The summed E-state index contributed by atoms with van der Waals surface area (Å²) in [6.45, 7) is 4.25. The van der Waals surface area contributed by atoms with Gasteiger partial charge in [0.05, 0.1) is 5.56 Å². The van der Waals surface area contributed by atoms with Crippen molar-refractivity contribution in [3.63, 3.8) is 0 Å². The second kappa shape index (κ2) is 8.91. The van der Waals surface area contributed by atoms with Gasteiger partial charge in [-0.25, -0.2) is 0 Å². The van der Waals surface area contributed by atoms with Gasteiger partial charge in [0, 0.05) is 43.7 Å². The van der Waals surface area contributed by atoms with Crippen LogP contribution >= 0.6 is 11.6 Å². The number of amides is 2. The average Bonchev–Trinajstić information content (AvgIpc) is 2.93. The summed E-state index contributed by atoms with van der Waals surface area (Å²) < 4.78 is 5.91. The third kappa shape index (κ3) is 4.80. The van der Waals surface area contributed by atoms with Gasteiger partial charge in [0.25, 0.3) is 5.91 Å². The van der Waals surface area contributed by atoms with Gasteiger partial charge in [-0.15, -0.1) is 0 Å². The zero-order valence-corrected chi connectivity index (χ0v) is 16.1. The standard InChI is InChI=1S/C21H23ClN2O3/c1-16(25)23-11-6-12-24(14-13-23)21(26)18-8-3-5-10-20(18)27-15-17-7-2-4-9-19(17)22/h2-5,7-10H,6,11-15H2,1H3. The minimum atomic E-state index is -0.0739. The highest BCUT2D eigenvalue weighted by Gasteiger charge is 2.23. The molecule has 5 nitrogen and oxygen atoms in total. The summed E-state index contributed by atoms with van der Waals surface area (Å²) in [4.78, 5) is 28.2. The molecule has 2 amide bonds. The van der Waals surface area contributed by atoms with Crippen molar-refractivity contribution in [3.05, 3.63) is 64.7 Å². The summed E-state index contributed by atoms with van der Waals surface area (Å²) >= 11 is 6.18. The summed E-state index contributed by atoms with van der Waals surface area (Å²) in [5.74, 6) is 0.512. The van der Waals surface area contributed by atoms with E-state index in [1.54, 1.807) is 28.9 Å². The van der Waals surface area contributed by atoms with E-state index in [9.17, 15) is 9.59 Å². The molecule has 0 aliphatic carbocycles. The molecule has 0 spiro atoms. The van der Waals surface area contributed by atoms with E-state index >= 15 is 0 Å². The molecular weight excluding hydrogens is 364 g/mol. The average molecular weight is 387 g/mol. The van der Waals surface area contributed by atoms with E-state index in [-0.39, 0.29) is 11.8 Å². The van der Waals surface area contributed by atoms with Crippen LogP contribution in [-0.4, -0.2) is 47.8 Å². The Bertz CT molecular complexity index is 825. The lowest BCUT2D eigenvalue weighted by Gasteiger charge is -2.22. The molecule has 1 fully saturated rings. The first kappa shape index (κ1) is 19.2. The first-order chi connectivity index (χ1) is 13.1. The van der Waals surface area contributed by atoms with Crippen molar-refractivity contribution in [2.24, 2.45) is 0 Å². The number of ether oxygens (including phenoxy) is 1. The van der Waals surface area contributed by atoms with E-state index in [1.165, 1.54) is 0 Å². The molecule has 1 aliphatic rings. The third-order valence-corrected chi connectivity index (χ3v) is 5.06.